The Morgan fingerprint density at radius 1 is 1.13 bits per heavy atom. The largest absolute Gasteiger partial charge is 0.454 e. The van der Waals surface area contributed by atoms with Gasteiger partial charge >= 0.3 is 0 Å². The molecular formula is C32H49NO6. The van der Waals surface area contributed by atoms with Gasteiger partial charge in [0.25, 0.3) is 0 Å². The van der Waals surface area contributed by atoms with Gasteiger partial charge in [0.1, 0.15) is 5.78 Å². The van der Waals surface area contributed by atoms with Crippen molar-refractivity contribution in [2.45, 2.75) is 90.4 Å². The highest BCUT2D eigenvalue weighted by atomic mass is 16.7. The summed E-state index contributed by atoms with van der Waals surface area (Å²) in [5, 5.41) is 9.18. The molecule has 2 saturated heterocycles. The van der Waals surface area contributed by atoms with Gasteiger partial charge in [0, 0.05) is 42.4 Å². The zero-order valence-electron chi connectivity index (χ0n) is 24.2. The molecular weight excluding hydrogens is 494 g/mol. The third-order valence-electron chi connectivity index (χ3n) is 8.83. The lowest BCUT2D eigenvalue weighted by Gasteiger charge is -2.37. The lowest BCUT2D eigenvalue weighted by Crippen LogP contribution is -2.43. The maximum atomic E-state index is 13.8. The van der Waals surface area contributed by atoms with Crippen molar-refractivity contribution in [3.05, 3.63) is 36.4 Å². The Labute approximate surface area is 234 Å². The van der Waals surface area contributed by atoms with Gasteiger partial charge < -0.3 is 24.1 Å². The first-order chi connectivity index (χ1) is 18.9. The number of aliphatic hydroxyl groups is 1. The van der Waals surface area contributed by atoms with Gasteiger partial charge in [0.2, 0.25) is 6.79 Å². The van der Waals surface area contributed by atoms with Gasteiger partial charge in [-0.1, -0.05) is 58.6 Å². The maximum absolute atomic E-state index is 13.8. The molecule has 3 heterocycles. The molecule has 1 N–H and O–H groups in total. The summed E-state index contributed by atoms with van der Waals surface area (Å²) in [5.41, 5.74) is 0.987. The van der Waals surface area contributed by atoms with Crippen LogP contribution in [0.4, 0.5) is 0 Å². The molecule has 1 aromatic rings. The monoisotopic (exact) mass is 543 g/mol. The van der Waals surface area contributed by atoms with Crippen LogP contribution in [-0.2, 0) is 14.3 Å². The third-order valence-corrected chi connectivity index (χ3v) is 8.83. The van der Waals surface area contributed by atoms with Crippen LogP contribution in [0.15, 0.2) is 30.9 Å². The van der Waals surface area contributed by atoms with E-state index in [9.17, 15) is 9.90 Å². The van der Waals surface area contributed by atoms with Crippen molar-refractivity contribution in [3.8, 4) is 11.5 Å². The van der Waals surface area contributed by atoms with E-state index in [-0.39, 0.29) is 48.9 Å². The Morgan fingerprint density at radius 3 is 2.59 bits per heavy atom. The molecule has 39 heavy (non-hydrogen) atoms. The zero-order valence-corrected chi connectivity index (χ0v) is 24.2. The number of likely N-dealkylation sites (tertiary alicyclic amines) is 1. The number of fused-ring (bicyclic) bond motifs is 1. The molecule has 0 spiro atoms. The number of hydrogen-bond acceptors (Lipinski definition) is 7. The number of carbonyl (C=O) groups is 1. The average molecular weight is 544 g/mol. The first kappa shape index (κ1) is 30.0. The molecule has 0 amide bonds. The van der Waals surface area contributed by atoms with E-state index in [2.05, 4.69) is 50.5 Å². The molecule has 0 bridgehead atoms. The summed E-state index contributed by atoms with van der Waals surface area (Å²) < 4.78 is 23.1. The number of ether oxygens (including phenoxy) is 4. The Kier molecular flexibility index (Phi) is 10.9. The van der Waals surface area contributed by atoms with Gasteiger partial charge in [-0.15, -0.1) is 6.58 Å². The summed E-state index contributed by atoms with van der Waals surface area (Å²) in [6.07, 6.45) is 9.46. The van der Waals surface area contributed by atoms with E-state index in [4.69, 9.17) is 18.9 Å². The van der Waals surface area contributed by atoms with Crippen molar-refractivity contribution in [1.29, 1.82) is 0 Å². The highest BCUT2D eigenvalue weighted by molar-refractivity contribution is 5.83. The van der Waals surface area contributed by atoms with Crippen LogP contribution in [0.2, 0.25) is 0 Å². The summed E-state index contributed by atoms with van der Waals surface area (Å²) >= 11 is 0. The van der Waals surface area contributed by atoms with Crippen LogP contribution >= 0.6 is 0 Å². The fourth-order valence-corrected chi connectivity index (χ4v) is 6.63. The van der Waals surface area contributed by atoms with Crippen LogP contribution in [0.1, 0.15) is 83.6 Å². The normalized spacial score (nSPS) is 24.4. The van der Waals surface area contributed by atoms with Crippen molar-refractivity contribution in [2.24, 2.45) is 17.3 Å². The van der Waals surface area contributed by atoms with Gasteiger partial charge in [-0.3, -0.25) is 9.69 Å². The van der Waals surface area contributed by atoms with Crippen molar-refractivity contribution >= 4 is 5.78 Å². The second kappa shape index (κ2) is 14.1. The first-order valence-corrected chi connectivity index (χ1v) is 15.0. The van der Waals surface area contributed by atoms with Gasteiger partial charge in [0.05, 0.1) is 19.8 Å². The summed E-state index contributed by atoms with van der Waals surface area (Å²) in [5.74, 6) is 2.37. The molecule has 4 atom stereocenters. The van der Waals surface area contributed by atoms with E-state index in [1.807, 2.05) is 6.07 Å². The quantitative estimate of drug-likeness (QED) is 0.212. The second-order valence-electron chi connectivity index (χ2n) is 12.2. The van der Waals surface area contributed by atoms with E-state index in [0.717, 1.165) is 69.4 Å². The smallest absolute Gasteiger partial charge is 0.231 e. The number of hydrogen-bond donors (Lipinski definition) is 1. The molecule has 0 aromatic heterocycles. The number of aliphatic hydroxyl groups excluding tert-OH is 1. The molecule has 1 aromatic carbocycles. The van der Waals surface area contributed by atoms with Crippen LogP contribution in [0, 0.1) is 17.3 Å². The van der Waals surface area contributed by atoms with Gasteiger partial charge in [0.15, 0.2) is 17.8 Å². The summed E-state index contributed by atoms with van der Waals surface area (Å²) in [7, 11) is 0. The molecule has 0 saturated carbocycles. The minimum atomic E-state index is -0.242. The zero-order chi connectivity index (χ0) is 27.8. The minimum Gasteiger partial charge on any atom is -0.454 e. The third kappa shape index (κ3) is 7.43. The molecule has 4 rings (SSSR count). The van der Waals surface area contributed by atoms with Crippen LogP contribution in [0.3, 0.4) is 0 Å². The lowest BCUT2D eigenvalue weighted by molar-refractivity contribution is -0.131. The van der Waals surface area contributed by atoms with Crippen LogP contribution in [0.5, 0.6) is 11.5 Å². The number of rotatable bonds is 16. The maximum Gasteiger partial charge on any atom is 0.231 e. The molecule has 3 aliphatic rings. The minimum absolute atomic E-state index is 0.0746. The van der Waals surface area contributed by atoms with Crippen molar-refractivity contribution in [1.82, 2.24) is 4.90 Å². The standard InChI is InChI=1S/C32H49NO6/c1-5-7-11-23(12-9-8-10-15-34)28(35)21-33-20-26(24-13-14-29-30(18-24)39-22-38-29)25(6-2)27(33)19-32(3,4)31-36-16-17-37-31/h6,13-14,18,23,25-27,31,34H,2,5,7-12,15-17,19-22H2,1,3-4H3/t23?,25-,26-,27+/m1/s1. The first-order valence-electron chi connectivity index (χ1n) is 15.0. The number of unbranched alkanes of at least 4 members (excludes halogenated alkanes) is 3. The SMILES string of the molecule is C=C[C@@H]1[C@@H](c2ccc3c(c2)OCO3)CN(CC(=O)C(CCCC)CCCCCO)[C@H]1CC(C)(C)C1OCCO1. The van der Waals surface area contributed by atoms with E-state index in [0.29, 0.717) is 25.5 Å². The summed E-state index contributed by atoms with van der Waals surface area (Å²) in [4.78, 5) is 16.2. The number of Topliss-reactive ketones (excluding diaryl/α,β-unsaturated/α-hetero) is 1. The van der Waals surface area contributed by atoms with Crippen molar-refractivity contribution in [3.63, 3.8) is 0 Å². The number of nitrogens with zero attached hydrogens (tertiary/aromatic N) is 1. The van der Waals surface area contributed by atoms with Gasteiger partial charge in [-0.05, 0) is 43.4 Å². The van der Waals surface area contributed by atoms with E-state index in [1.165, 1.54) is 5.56 Å². The molecule has 2 fully saturated rings. The Balaban J connectivity index is 1.55. The van der Waals surface area contributed by atoms with Crippen LogP contribution in [0.25, 0.3) is 0 Å². The van der Waals surface area contributed by atoms with E-state index >= 15 is 0 Å². The molecule has 0 radical (unpaired) electrons. The van der Waals surface area contributed by atoms with E-state index in [1.54, 1.807) is 0 Å². The van der Waals surface area contributed by atoms with E-state index < -0.39 is 0 Å². The molecule has 3 aliphatic heterocycles. The fraction of sp³-hybridized carbons (Fsp3) is 0.719. The van der Waals surface area contributed by atoms with Gasteiger partial charge in [-0.25, -0.2) is 0 Å². The molecule has 7 heteroatoms. The predicted octanol–water partition coefficient (Wildman–Crippen LogP) is 5.70. The summed E-state index contributed by atoms with van der Waals surface area (Å²) in [6, 6.07) is 6.38. The number of benzene rings is 1. The molecule has 218 valence electrons. The fourth-order valence-electron chi connectivity index (χ4n) is 6.63. The second-order valence-corrected chi connectivity index (χ2v) is 12.2. The van der Waals surface area contributed by atoms with Crippen molar-refractivity contribution in [2.75, 3.05) is 39.7 Å². The van der Waals surface area contributed by atoms with Crippen molar-refractivity contribution < 1.29 is 28.8 Å². The Bertz CT molecular complexity index is 943. The lowest BCUT2D eigenvalue weighted by atomic mass is 9.77. The molecule has 0 aliphatic carbocycles. The molecule has 1 unspecified atom stereocenters. The Morgan fingerprint density at radius 2 is 1.87 bits per heavy atom. The number of ketones is 1. The highest BCUT2D eigenvalue weighted by Crippen LogP contribution is 2.46. The predicted molar refractivity (Wildman–Crippen MR) is 152 cm³/mol. The topological polar surface area (TPSA) is 77.5 Å². The summed E-state index contributed by atoms with van der Waals surface area (Å²) in [6.45, 7) is 13.8. The highest BCUT2D eigenvalue weighted by Gasteiger charge is 2.46. The Hall–Kier alpha value is -1.93. The average Bonchev–Trinajstić information content (AvgIpc) is 3.69. The molecule has 7 nitrogen and oxygen atoms in total. The van der Waals surface area contributed by atoms with Crippen LogP contribution < -0.4 is 9.47 Å². The van der Waals surface area contributed by atoms with Crippen LogP contribution in [-0.4, -0.2) is 67.8 Å². The van der Waals surface area contributed by atoms with Gasteiger partial charge in [-0.2, -0.15) is 0 Å². The number of carbonyl (C=O) groups excluding carboxylic acids is 1.